The Hall–Kier alpha value is -3.45. The van der Waals surface area contributed by atoms with Crippen LogP contribution in [0.4, 0.5) is 10.1 Å². The molecule has 1 amide bonds. The van der Waals surface area contributed by atoms with Crippen molar-refractivity contribution in [1.82, 2.24) is 4.57 Å². The standard InChI is InChI=1S/C25H23FN2O3S/c1-17-10-11-18(2)19(12-17)16-32(30,31)24-14-28(23-9-4-3-8-22(23)24)15-25(29)27-21-7-5-6-20(26)13-21/h3-14H,15-16H2,1-2H3,(H,27,29). The van der Waals surface area contributed by atoms with Gasteiger partial charge < -0.3 is 9.88 Å². The summed E-state index contributed by atoms with van der Waals surface area (Å²) < 4.78 is 41.7. The van der Waals surface area contributed by atoms with Crippen LogP contribution in [0.5, 0.6) is 0 Å². The van der Waals surface area contributed by atoms with Crippen molar-refractivity contribution in [2.75, 3.05) is 5.32 Å². The SMILES string of the molecule is Cc1ccc(C)c(CS(=O)(=O)c2cn(CC(=O)Nc3cccc(F)c3)c3ccccc23)c1. The number of aryl methyl sites for hydroxylation is 2. The summed E-state index contributed by atoms with van der Waals surface area (Å²) in [5, 5.41) is 3.21. The molecule has 0 atom stereocenters. The van der Waals surface area contributed by atoms with Crippen molar-refractivity contribution < 1.29 is 17.6 Å². The number of sulfone groups is 1. The van der Waals surface area contributed by atoms with Gasteiger partial charge in [0.05, 0.1) is 10.6 Å². The summed E-state index contributed by atoms with van der Waals surface area (Å²) in [4.78, 5) is 12.8. The number of aromatic nitrogens is 1. The third-order valence-electron chi connectivity index (χ3n) is 5.36. The number of benzene rings is 3. The fourth-order valence-electron chi connectivity index (χ4n) is 3.75. The van der Waals surface area contributed by atoms with Crippen LogP contribution in [0.15, 0.2) is 77.8 Å². The molecular weight excluding hydrogens is 427 g/mol. The van der Waals surface area contributed by atoms with Crippen molar-refractivity contribution in [2.45, 2.75) is 31.0 Å². The Labute approximate surface area is 186 Å². The summed E-state index contributed by atoms with van der Waals surface area (Å²) in [5.74, 6) is -0.951. The maximum Gasteiger partial charge on any atom is 0.244 e. The molecule has 32 heavy (non-hydrogen) atoms. The first-order valence-electron chi connectivity index (χ1n) is 10.1. The van der Waals surface area contributed by atoms with Gasteiger partial charge in [-0.1, -0.05) is 48.0 Å². The van der Waals surface area contributed by atoms with Gasteiger partial charge in [0, 0.05) is 22.8 Å². The summed E-state index contributed by atoms with van der Waals surface area (Å²) in [6, 6.07) is 18.5. The molecular formula is C25H23FN2O3S. The van der Waals surface area contributed by atoms with Crippen LogP contribution < -0.4 is 5.32 Å². The third-order valence-corrected chi connectivity index (χ3v) is 7.05. The van der Waals surface area contributed by atoms with Gasteiger partial charge in [0.1, 0.15) is 12.4 Å². The average Bonchev–Trinajstić information content (AvgIpc) is 3.10. The minimum Gasteiger partial charge on any atom is -0.337 e. The van der Waals surface area contributed by atoms with Gasteiger partial charge in [-0.15, -0.1) is 0 Å². The predicted octanol–water partition coefficient (Wildman–Crippen LogP) is 5.01. The average molecular weight is 451 g/mol. The Kier molecular flexibility index (Phi) is 5.84. The van der Waals surface area contributed by atoms with Crippen LogP contribution in [0.2, 0.25) is 0 Å². The predicted molar refractivity (Wildman–Crippen MR) is 124 cm³/mol. The highest BCUT2D eigenvalue weighted by atomic mass is 32.2. The maximum atomic E-state index is 13.4. The molecule has 0 bridgehead atoms. The van der Waals surface area contributed by atoms with Gasteiger partial charge in [-0.25, -0.2) is 12.8 Å². The molecule has 7 heteroatoms. The van der Waals surface area contributed by atoms with Gasteiger partial charge in [-0.3, -0.25) is 4.79 Å². The van der Waals surface area contributed by atoms with E-state index in [0.29, 0.717) is 16.6 Å². The second-order valence-electron chi connectivity index (χ2n) is 7.89. The number of hydrogen-bond donors (Lipinski definition) is 1. The second kappa shape index (κ2) is 8.59. The van der Waals surface area contributed by atoms with Crippen molar-refractivity contribution in [1.29, 1.82) is 0 Å². The molecule has 164 valence electrons. The Morgan fingerprint density at radius 2 is 1.78 bits per heavy atom. The number of rotatable bonds is 6. The first-order valence-corrected chi connectivity index (χ1v) is 11.8. The molecule has 1 aromatic heterocycles. The van der Waals surface area contributed by atoms with Gasteiger partial charge in [0.2, 0.25) is 5.91 Å². The molecule has 0 saturated carbocycles. The lowest BCUT2D eigenvalue weighted by Crippen LogP contribution is -2.18. The van der Waals surface area contributed by atoms with Crippen molar-refractivity contribution >= 4 is 32.3 Å². The normalized spacial score (nSPS) is 11.6. The Morgan fingerprint density at radius 1 is 1.00 bits per heavy atom. The minimum absolute atomic E-state index is 0.101. The number of carbonyl (C=O) groups is 1. The highest BCUT2D eigenvalue weighted by Gasteiger charge is 2.23. The van der Waals surface area contributed by atoms with Crippen molar-refractivity contribution in [3.05, 3.63) is 95.4 Å². The molecule has 5 nitrogen and oxygen atoms in total. The van der Waals surface area contributed by atoms with Crippen molar-refractivity contribution in [2.24, 2.45) is 0 Å². The third kappa shape index (κ3) is 4.57. The van der Waals surface area contributed by atoms with E-state index in [-0.39, 0.29) is 23.1 Å². The van der Waals surface area contributed by atoms with E-state index in [1.54, 1.807) is 34.9 Å². The highest BCUT2D eigenvalue weighted by Crippen LogP contribution is 2.29. The van der Waals surface area contributed by atoms with Crippen LogP contribution in [0.3, 0.4) is 0 Å². The Balaban J connectivity index is 1.66. The molecule has 0 aliphatic carbocycles. The summed E-state index contributed by atoms with van der Waals surface area (Å²) >= 11 is 0. The molecule has 0 unspecified atom stereocenters. The van der Waals surface area contributed by atoms with Crippen molar-refractivity contribution in [3.63, 3.8) is 0 Å². The first-order chi connectivity index (χ1) is 15.2. The van der Waals surface area contributed by atoms with E-state index in [2.05, 4.69) is 5.32 Å². The molecule has 1 N–H and O–H groups in total. The number of nitrogens with one attached hydrogen (secondary N) is 1. The molecule has 3 aromatic carbocycles. The zero-order chi connectivity index (χ0) is 22.9. The smallest absolute Gasteiger partial charge is 0.244 e. The molecule has 0 spiro atoms. The number of nitrogens with zero attached hydrogens (tertiary/aromatic N) is 1. The molecule has 0 radical (unpaired) electrons. The minimum atomic E-state index is -3.66. The number of hydrogen-bond acceptors (Lipinski definition) is 3. The first kappa shape index (κ1) is 21.8. The molecule has 4 rings (SSSR count). The monoisotopic (exact) mass is 450 g/mol. The largest absolute Gasteiger partial charge is 0.337 e. The maximum absolute atomic E-state index is 13.4. The molecule has 1 heterocycles. The quantitative estimate of drug-likeness (QED) is 0.449. The summed E-state index contributed by atoms with van der Waals surface area (Å²) in [6.45, 7) is 3.72. The number of halogens is 1. The van der Waals surface area contributed by atoms with Gasteiger partial charge in [-0.2, -0.15) is 0 Å². The van der Waals surface area contributed by atoms with Crippen LogP contribution >= 0.6 is 0 Å². The van der Waals surface area contributed by atoms with Gasteiger partial charge >= 0.3 is 0 Å². The number of anilines is 1. The highest BCUT2D eigenvalue weighted by molar-refractivity contribution is 7.90. The lowest BCUT2D eigenvalue weighted by Gasteiger charge is -2.08. The number of fused-ring (bicyclic) bond motifs is 1. The molecule has 0 saturated heterocycles. The van der Waals surface area contributed by atoms with E-state index in [1.165, 1.54) is 24.4 Å². The lowest BCUT2D eigenvalue weighted by atomic mass is 10.1. The molecule has 0 aliphatic rings. The van der Waals surface area contributed by atoms with Crippen LogP contribution in [-0.4, -0.2) is 18.9 Å². The fourth-order valence-corrected chi connectivity index (χ4v) is 5.42. The Morgan fingerprint density at radius 3 is 2.56 bits per heavy atom. The summed E-state index contributed by atoms with van der Waals surface area (Å²) in [7, 11) is -3.66. The van der Waals surface area contributed by atoms with E-state index >= 15 is 0 Å². The van der Waals surface area contributed by atoms with E-state index in [4.69, 9.17) is 0 Å². The molecule has 0 fully saturated rings. The van der Waals surface area contributed by atoms with E-state index < -0.39 is 15.7 Å². The second-order valence-corrected chi connectivity index (χ2v) is 9.84. The van der Waals surface area contributed by atoms with Crippen LogP contribution in [0, 0.1) is 19.7 Å². The molecule has 4 aromatic rings. The van der Waals surface area contributed by atoms with Crippen LogP contribution in [0.1, 0.15) is 16.7 Å². The van der Waals surface area contributed by atoms with Gasteiger partial charge in [-0.05, 0) is 49.2 Å². The summed E-state index contributed by atoms with van der Waals surface area (Å²) in [5.41, 5.74) is 3.65. The van der Waals surface area contributed by atoms with Gasteiger partial charge in [0.15, 0.2) is 9.84 Å². The van der Waals surface area contributed by atoms with E-state index in [9.17, 15) is 17.6 Å². The van der Waals surface area contributed by atoms with E-state index in [1.807, 2.05) is 32.0 Å². The van der Waals surface area contributed by atoms with Crippen LogP contribution in [0.25, 0.3) is 10.9 Å². The zero-order valence-corrected chi connectivity index (χ0v) is 18.6. The number of amides is 1. The zero-order valence-electron chi connectivity index (χ0n) is 17.8. The van der Waals surface area contributed by atoms with Crippen LogP contribution in [-0.2, 0) is 26.9 Å². The fraction of sp³-hybridized carbons (Fsp3) is 0.160. The van der Waals surface area contributed by atoms with Gasteiger partial charge in [0.25, 0.3) is 0 Å². The van der Waals surface area contributed by atoms with Crippen molar-refractivity contribution in [3.8, 4) is 0 Å². The summed E-state index contributed by atoms with van der Waals surface area (Å²) in [6.07, 6.45) is 1.51. The Bertz CT molecular complexity index is 1420. The van der Waals surface area contributed by atoms with E-state index in [0.717, 1.165) is 16.7 Å². The topological polar surface area (TPSA) is 68.2 Å². The molecule has 0 aliphatic heterocycles. The lowest BCUT2D eigenvalue weighted by molar-refractivity contribution is -0.116. The number of carbonyl (C=O) groups excluding carboxylic acids is 1. The number of para-hydroxylation sites is 1.